The zero-order valence-corrected chi connectivity index (χ0v) is 9.54. The van der Waals surface area contributed by atoms with Gasteiger partial charge in [0.1, 0.15) is 6.07 Å². The molecular formula is C11H18N4. The predicted octanol–water partition coefficient (Wildman–Crippen LogP) is 1.63. The minimum absolute atomic E-state index is 0.321. The highest BCUT2D eigenvalue weighted by Crippen LogP contribution is 2.24. The molecular weight excluding hydrogens is 188 g/mol. The maximum Gasteiger partial charge on any atom is 0.103 e. The van der Waals surface area contributed by atoms with E-state index in [1.807, 2.05) is 0 Å². The van der Waals surface area contributed by atoms with Crippen molar-refractivity contribution in [2.75, 3.05) is 13.1 Å². The van der Waals surface area contributed by atoms with Crippen LogP contribution in [0.25, 0.3) is 0 Å². The summed E-state index contributed by atoms with van der Waals surface area (Å²) in [6, 6.07) is 2.15. The average Bonchev–Trinajstić information content (AvgIpc) is 2.72. The van der Waals surface area contributed by atoms with Gasteiger partial charge in [0.25, 0.3) is 0 Å². The molecule has 0 aliphatic rings. The Morgan fingerprint density at radius 2 is 2.33 bits per heavy atom. The van der Waals surface area contributed by atoms with Crippen molar-refractivity contribution in [1.82, 2.24) is 15.5 Å². The lowest BCUT2D eigenvalue weighted by molar-refractivity contribution is 0.446. The standard InChI is InChI=1S/C11H18N4/c1-4-13-6-8(2)9(3)11-10(5-12)7-14-15-11/h7-9,13H,4,6H2,1-3H3,(H,14,15). The number of aromatic amines is 1. The van der Waals surface area contributed by atoms with Crippen LogP contribution < -0.4 is 5.32 Å². The Balaban J connectivity index is 2.67. The van der Waals surface area contributed by atoms with Crippen molar-refractivity contribution in [2.24, 2.45) is 5.92 Å². The quantitative estimate of drug-likeness (QED) is 0.769. The van der Waals surface area contributed by atoms with Gasteiger partial charge in [-0.2, -0.15) is 10.4 Å². The predicted molar refractivity (Wildman–Crippen MR) is 59.4 cm³/mol. The summed E-state index contributed by atoms with van der Waals surface area (Å²) in [6.45, 7) is 8.33. The summed E-state index contributed by atoms with van der Waals surface area (Å²) in [7, 11) is 0. The molecule has 1 rings (SSSR count). The van der Waals surface area contributed by atoms with Crippen molar-refractivity contribution in [1.29, 1.82) is 5.26 Å². The monoisotopic (exact) mass is 206 g/mol. The van der Waals surface area contributed by atoms with Crippen molar-refractivity contribution in [3.63, 3.8) is 0 Å². The molecule has 4 nitrogen and oxygen atoms in total. The molecule has 15 heavy (non-hydrogen) atoms. The second-order valence-corrected chi connectivity index (χ2v) is 3.88. The first-order valence-electron chi connectivity index (χ1n) is 5.34. The Hall–Kier alpha value is -1.34. The van der Waals surface area contributed by atoms with Gasteiger partial charge in [-0.15, -0.1) is 0 Å². The summed E-state index contributed by atoms with van der Waals surface area (Å²) in [6.07, 6.45) is 1.59. The number of nitriles is 1. The first kappa shape index (κ1) is 11.7. The normalized spacial score (nSPS) is 14.5. The molecule has 4 heteroatoms. The van der Waals surface area contributed by atoms with Gasteiger partial charge in [-0.05, 0) is 19.0 Å². The molecule has 2 N–H and O–H groups in total. The molecule has 0 aliphatic carbocycles. The van der Waals surface area contributed by atoms with E-state index < -0.39 is 0 Å². The van der Waals surface area contributed by atoms with E-state index in [9.17, 15) is 0 Å². The summed E-state index contributed by atoms with van der Waals surface area (Å²) in [5, 5.41) is 19.0. The van der Waals surface area contributed by atoms with Gasteiger partial charge in [-0.1, -0.05) is 20.8 Å². The van der Waals surface area contributed by atoms with Gasteiger partial charge in [0.05, 0.1) is 17.5 Å². The van der Waals surface area contributed by atoms with Gasteiger partial charge >= 0.3 is 0 Å². The molecule has 1 aromatic rings. The molecule has 0 radical (unpaired) electrons. The van der Waals surface area contributed by atoms with Crippen LogP contribution in [0.4, 0.5) is 0 Å². The van der Waals surface area contributed by atoms with Gasteiger partial charge < -0.3 is 5.32 Å². The molecule has 1 aromatic heterocycles. The lowest BCUT2D eigenvalue weighted by Gasteiger charge is -2.19. The number of aromatic nitrogens is 2. The summed E-state index contributed by atoms with van der Waals surface area (Å²) in [5.74, 6) is 0.804. The molecule has 2 atom stereocenters. The molecule has 2 unspecified atom stereocenters. The zero-order valence-electron chi connectivity index (χ0n) is 9.54. The van der Waals surface area contributed by atoms with Crippen molar-refractivity contribution >= 4 is 0 Å². The van der Waals surface area contributed by atoms with Crippen LogP contribution in [0.1, 0.15) is 37.9 Å². The Labute approximate surface area is 90.7 Å². The van der Waals surface area contributed by atoms with Crippen LogP contribution in [0.2, 0.25) is 0 Å². The molecule has 0 fully saturated rings. The number of H-pyrrole nitrogens is 1. The molecule has 0 aromatic carbocycles. The molecule has 1 heterocycles. The Bertz CT molecular complexity index is 337. The third kappa shape index (κ3) is 2.80. The lowest BCUT2D eigenvalue weighted by Crippen LogP contribution is -2.24. The second kappa shape index (κ2) is 5.52. The van der Waals surface area contributed by atoms with Crippen LogP contribution in [0.3, 0.4) is 0 Å². The second-order valence-electron chi connectivity index (χ2n) is 3.88. The van der Waals surface area contributed by atoms with Gasteiger partial charge in [0.2, 0.25) is 0 Å². The maximum absolute atomic E-state index is 8.89. The highest BCUT2D eigenvalue weighted by Gasteiger charge is 2.18. The summed E-state index contributed by atoms with van der Waals surface area (Å²) >= 11 is 0. The first-order chi connectivity index (χ1) is 7.20. The average molecular weight is 206 g/mol. The van der Waals surface area contributed by atoms with E-state index in [1.165, 1.54) is 0 Å². The van der Waals surface area contributed by atoms with Crippen LogP contribution in [-0.4, -0.2) is 23.3 Å². The van der Waals surface area contributed by atoms with Crippen LogP contribution in [0.15, 0.2) is 6.20 Å². The molecule has 0 amide bonds. The summed E-state index contributed by atoms with van der Waals surface area (Å²) in [4.78, 5) is 0. The topological polar surface area (TPSA) is 64.5 Å². The Kier molecular flexibility index (Phi) is 4.32. The maximum atomic E-state index is 8.89. The summed E-state index contributed by atoms with van der Waals surface area (Å²) < 4.78 is 0. The third-order valence-electron chi connectivity index (χ3n) is 2.81. The number of hydrogen-bond acceptors (Lipinski definition) is 3. The van der Waals surface area contributed by atoms with E-state index in [2.05, 4.69) is 42.4 Å². The SMILES string of the molecule is CCNCC(C)C(C)c1[nH]ncc1C#N. The smallest absolute Gasteiger partial charge is 0.103 e. The largest absolute Gasteiger partial charge is 0.317 e. The molecule has 0 saturated carbocycles. The molecule has 0 saturated heterocycles. The fraction of sp³-hybridized carbons (Fsp3) is 0.636. The van der Waals surface area contributed by atoms with Crippen LogP contribution >= 0.6 is 0 Å². The Morgan fingerprint density at radius 1 is 1.60 bits per heavy atom. The molecule has 0 aliphatic heterocycles. The van der Waals surface area contributed by atoms with Crippen LogP contribution in [-0.2, 0) is 0 Å². The first-order valence-corrected chi connectivity index (χ1v) is 5.34. The van der Waals surface area contributed by atoms with E-state index >= 15 is 0 Å². The zero-order chi connectivity index (χ0) is 11.3. The molecule has 0 spiro atoms. The van der Waals surface area contributed by atoms with E-state index in [4.69, 9.17) is 5.26 Å². The van der Waals surface area contributed by atoms with Crippen LogP contribution in [0, 0.1) is 17.2 Å². The van der Waals surface area contributed by atoms with Crippen molar-refractivity contribution < 1.29 is 0 Å². The fourth-order valence-corrected chi connectivity index (χ4v) is 1.57. The van der Waals surface area contributed by atoms with E-state index in [1.54, 1.807) is 6.20 Å². The van der Waals surface area contributed by atoms with E-state index in [0.29, 0.717) is 17.4 Å². The number of nitrogens with one attached hydrogen (secondary N) is 2. The van der Waals surface area contributed by atoms with E-state index in [0.717, 1.165) is 18.8 Å². The van der Waals surface area contributed by atoms with Gasteiger partial charge in [0, 0.05) is 5.92 Å². The van der Waals surface area contributed by atoms with Gasteiger partial charge in [-0.25, -0.2) is 0 Å². The summed E-state index contributed by atoms with van der Waals surface area (Å²) in [5.41, 5.74) is 1.61. The van der Waals surface area contributed by atoms with E-state index in [-0.39, 0.29) is 0 Å². The van der Waals surface area contributed by atoms with Crippen molar-refractivity contribution in [3.8, 4) is 6.07 Å². The van der Waals surface area contributed by atoms with Gasteiger partial charge in [0.15, 0.2) is 0 Å². The fourth-order valence-electron chi connectivity index (χ4n) is 1.57. The van der Waals surface area contributed by atoms with Crippen molar-refractivity contribution in [3.05, 3.63) is 17.5 Å². The number of rotatable bonds is 5. The van der Waals surface area contributed by atoms with Crippen LogP contribution in [0.5, 0.6) is 0 Å². The Morgan fingerprint density at radius 3 is 2.93 bits per heavy atom. The van der Waals surface area contributed by atoms with Gasteiger partial charge in [-0.3, -0.25) is 5.10 Å². The number of hydrogen-bond donors (Lipinski definition) is 2. The minimum Gasteiger partial charge on any atom is -0.317 e. The minimum atomic E-state index is 0.321. The number of nitrogens with zero attached hydrogens (tertiary/aromatic N) is 2. The highest BCUT2D eigenvalue weighted by molar-refractivity contribution is 5.32. The highest BCUT2D eigenvalue weighted by atomic mass is 15.1. The lowest BCUT2D eigenvalue weighted by atomic mass is 9.91. The van der Waals surface area contributed by atoms with Crippen molar-refractivity contribution in [2.45, 2.75) is 26.7 Å². The molecule has 82 valence electrons. The molecule has 0 bridgehead atoms. The third-order valence-corrected chi connectivity index (χ3v) is 2.81.